The lowest BCUT2D eigenvalue weighted by atomic mass is 10.1. The highest BCUT2D eigenvalue weighted by Gasteiger charge is 2.21. The summed E-state index contributed by atoms with van der Waals surface area (Å²) in [5, 5.41) is 1.11. The molecule has 0 unspecified atom stereocenters. The second-order valence-corrected chi connectivity index (χ2v) is 6.96. The third kappa shape index (κ3) is 2.83. The molecular formula is C17H23N3S. The first-order chi connectivity index (χ1) is 10.2. The smallest absolute Gasteiger partial charge is 0.190 e. The predicted octanol–water partition coefficient (Wildman–Crippen LogP) is 4.20. The van der Waals surface area contributed by atoms with Crippen molar-refractivity contribution in [1.82, 2.24) is 4.98 Å². The number of rotatable bonds is 3. The van der Waals surface area contributed by atoms with Gasteiger partial charge in [0.05, 0.1) is 5.69 Å². The van der Waals surface area contributed by atoms with Gasteiger partial charge < -0.3 is 10.6 Å². The molecule has 1 aromatic carbocycles. The van der Waals surface area contributed by atoms with Gasteiger partial charge in [0.25, 0.3) is 0 Å². The number of nitrogens with zero attached hydrogens (tertiary/aromatic N) is 2. The summed E-state index contributed by atoms with van der Waals surface area (Å²) in [4.78, 5) is 8.52. The van der Waals surface area contributed by atoms with Crippen molar-refractivity contribution in [2.24, 2.45) is 5.73 Å². The Kier molecular flexibility index (Phi) is 4.27. The van der Waals surface area contributed by atoms with E-state index in [1.54, 1.807) is 11.3 Å². The predicted molar refractivity (Wildman–Crippen MR) is 90.5 cm³/mol. The van der Waals surface area contributed by atoms with Crippen LogP contribution >= 0.6 is 11.3 Å². The van der Waals surface area contributed by atoms with E-state index in [0.29, 0.717) is 12.5 Å². The maximum Gasteiger partial charge on any atom is 0.190 e. The number of benzene rings is 1. The van der Waals surface area contributed by atoms with Crippen molar-refractivity contribution in [2.75, 3.05) is 11.4 Å². The van der Waals surface area contributed by atoms with Crippen LogP contribution in [0.1, 0.15) is 48.7 Å². The van der Waals surface area contributed by atoms with Crippen LogP contribution in [0, 0.1) is 0 Å². The van der Waals surface area contributed by atoms with Gasteiger partial charge in [-0.25, -0.2) is 4.98 Å². The van der Waals surface area contributed by atoms with Gasteiger partial charge in [-0.1, -0.05) is 43.4 Å². The Labute approximate surface area is 130 Å². The molecule has 1 aliphatic heterocycles. The maximum absolute atomic E-state index is 5.91. The molecular weight excluding hydrogens is 278 g/mol. The summed E-state index contributed by atoms with van der Waals surface area (Å²) in [7, 11) is 0. The van der Waals surface area contributed by atoms with Crippen LogP contribution in [-0.4, -0.2) is 11.5 Å². The Balaban J connectivity index is 2.04. The Morgan fingerprint density at radius 3 is 2.81 bits per heavy atom. The van der Waals surface area contributed by atoms with Crippen molar-refractivity contribution in [3.8, 4) is 0 Å². The monoisotopic (exact) mass is 301 g/mol. The Bertz CT molecular complexity index is 618. The summed E-state index contributed by atoms with van der Waals surface area (Å²) in [6.45, 7) is 6.01. The zero-order valence-electron chi connectivity index (χ0n) is 12.8. The molecule has 1 aromatic heterocycles. The molecule has 2 aromatic rings. The molecule has 0 spiro atoms. The first kappa shape index (κ1) is 14.5. The van der Waals surface area contributed by atoms with Gasteiger partial charge in [0.2, 0.25) is 0 Å². The Morgan fingerprint density at radius 1 is 1.29 bits per heavy atom. The van der Waals surface area contributed by atoms with Crippen LogP contribution < -0.4 is 10.6 Å². The van der Waals surface area contributed by atoms with Gasteiger partial charge in [0.1, 0.15) is 0 Å². The third-order valence-electron chi connectivity index (χ3n) is 4.04. The zero-order valence-corrected chi connectivity index (χ0v) is 13.6. The molecule has 112 valence electrons. The number of thiazole rings is 1. The van der Waals surface area contributed by atoms with E-state index in [0.717, 1.165) is 11.7 Å². The van der Waals surface area contributed by atoms with Crippen molar-refractivity contribution >= 4 is 22.2 Å². The summed E-state index contributed by atoms with van der Waals surface area (Å²) >= 11 is 1.76. The fourth-order valence-corrected chi connectivity index (χ4v) is 4.09. The van der Waals surface area contributed by atoms with Crippen molar-refractivity contribution in [1.29, 1.82) is 0 Å². The highest BCUT2D eigenvalue weighted by atomic mass is 32.1. The molecule has 0 aliphatic carbocycles. The fourth-order valence-electron chi connectivity index (χ4n) is 2.95. The second kappa shape index (κ2) is 6.16. The average molecular weight is 301 g/mol. The maximum atomic E-state index is 5.91. The lowest BCUT2D eigenvalue weighted by Crippen LogP contribution is -2.17. The summed E-state index contributed by atoms with van der Waals surface area (Å²) < 4.78 is 0. The minimum atomic E-state index is 0.427. The van der Waals surface area contributed by atoms with Crippen molar-refractivity contribution < 1.29 is 0 Å². The van der Waals surface area contributed by atoms with E-state index in [2.05, 4.69) is 43.0 Å². The third-order valence-corrected chi connectivity index (χ3v) is 5.16. The standard InChI is InChI=1S/C17H23N3S/c1-12(2)16-15(11-18)21-17(19-16)20-10-6-5-8-13-7-3-4-9-14(13)20/h3-4,7,9,12H,5-6,8,10-11,18H2,1-2H3. The highest BCUT2D eigenvalue weighted by molar-refractivity contribution is 7.15. The molecule has 0 saturated heterocycles. The van der Waals surface area contributed by atoms with Crippen LogP contribution in [0.25, 0.3) is 0 Å². The van der Waals surface area contributed by atoms with Crippen LogP contribution in [0.3, 0.4) is 0 Å². The first-order valence-electron chi connectivity index (χ1n) is 7.75. The van der Waals surface area contributed by atoms with Crippen molar-refractivity contribution in [3.63, 3.8) is 0 Å². The van der Waals surface area contributed by atoms with Crippen LogP contribution in [-0.2, 0) is 13.0 Å². The van der Waals surface area contributed by atoms with Gasteiger partial charge in [0, 0.05) is 23.7 Å². The van der Waals surface area contributed by atoms with Gasteiger partial charge in [0.15, 0.2) is 5.13 Å². The van der Waals surface area contributed by atoms with E-state index >= 15 is 0 Å². The quantitative estimate of drug-likeness (QED) is 0.924. The lowest BCUT2D eigenvalue weighted by molar-refractivity contribution is 0.756. The normalized spacial score (nSPS) is 15.1. The van der Waals surface area contributed by atoms with Gasteiger partial charge in [-0.3, -0.25) is 0 Å². The molecule has 21 heavy (non-hydrogen) atoms. The minimum Gasteiger partial charge on any atom is -0.326 e. The minimum absolute atomic E-state index is 0.427. The van der Waals surface area contributed by atoms with Crippen LogP contribution in [0.2, 0.25) is 0 Å². The van der Waals surface area contributed by atoms with Gasteiger partial charge in [-0.15, -0.1) is 0 Å². The summed E-state index contributed by atoms with van der Waals surface area (Å²) in [5.74, 6) is 0.427. The number of hydrogen-bond acceptors (Lipinski definition) is 4. The van der Waals surface area contributed by atoms with Crippen molar-refractivity contribution in [2.45, 2.75) is 45.6 Å². The van der Waals surface area contributed by atoms with E-state index in [-0.39, 0.29) is 0 Å². The molecule has 2 N–H and O–H groups in total. The molecule has 3 nitrogen and oxygen atoms in total. The highest BCUT2D eigenvalue weighted by Crippen LogP contribution is 2.37. The number of nitrogens with two attached hydrogens (primary N) is 1. The molecule has 1 aliphatic rings. The summed E-state index contributed by atoms with van der Waals surface area (Å²) in [6.07, 6.45) is 3.63. The molecule has 0 bridgehead atoms. The molecule has 0 saturated carbocycles. The topological polar surface area (TPSA) is 42.2 Å². The van der Waals surface area contributed by atoms with Gasteiger partial charge in [-0.05, 0) is 36.8 Å². The van der Waals surface area contributed by atoms with Gasteiger partial charge in [-0.2, -0.15) is 0 Å². The Hall–Kier alpha value is -1.39. The SMILES string of the molecule is CC(C)c1nc(N2CCCCc3ccccc32)sc1CN. The Morgan fingerprint density at radius 2 is 2.10 bits per heavy atom. The van der Waals surface area contributed by atoms with E-state index in [1.807, 2.05) is 0 Å². The number of anilines is 2. The van der Waals surface area contributed by atoms with Crippen molar-refractivity contribution in [3.05, 3.63) is 40.4 Å². The average Bonchev–Trinajstić information content (AvgIpc) is 2.81. The van der Waals surface area contributed by atoms with Crippen LogP contribution in [0.5, 0.6) is 0 Å². The van der Waals surface area contributed by atoms with E-state index in [4.69, 9.17) is 10.7 Å². The van der Waals surface area contributed by atoms with E-state index in [1.165, 1.54) is 41.1 Å². The number of para-hydroxylation sites is 1. The summed E-state index contributed by atoms with van der Waals surface area (Å²) in [5.41, 5.74) is 9.83. The number of hydrogen-bond donors (Lipinski definition) is 1. The van der Waals surface area contributed by atoms with E-state index < -0.39 is 0 Å². The number of aryl methyl sites for hydroxylation is 1. The molecule has 0 amide bonds. The number of aromatic nitrogens is 1. The zero-order chi connectivity index (χ0) is 14.8. The molecule has 0 atom stereocenters. The largest absolute Gasteiger partial charge is 0.326 e. The van der Waals surface area contributed by atoms with Crippen LogP contribution in [0.4, 0.5) is 10.8 Å². The lowest BCUT2D eigenvalue weighted by Gasteiger charge is -2.21. The van der Waals surface area contributed by atoms with Crippen LogP contribution in [0.15, 0.2) is 24.3 Å². The molecule has 4 heteroatoms. The summed E-state index contributed by atoms with van der Waals surface area (Å²) in [6, 6.07) is 8.72. The molecule has 3 rings (SSSR count). The molecule has 0 radical (unpaired) electrons. The second-order valence-electron chi connectivity index (χ2n) is 5.90. The number of fused-ring (bicyclic) bond motifs is 1. The fraction of sp³-hybridized carbons (Fsp3) is 0.471. The first-order valence-corrected chi connectivity index (χ1v) is 8.57. The molecule has 0 fully saturated rings. The van der Waals surface area contributed by atoms with E-state index in [9.17, 15) is 0 Å². The van der Waals surface area contributed by atoms with Gasteiger partial charge >= 0.3 is 0 Å². The molecule has 2 heterocycles.